The largest absolute Gasteiger partial charge is 0.479 e. The molecule has 1 saturated heterocycles. The lowest BCUT2D eigenvalue weighted by Crippen LogP contribution is -2.58. The van der Waals surface area contributed by atoms with Crippen molar-refractivity contribution in [2.45, 2.75) is 32.2 Å². The lowest BCUT2D eigenvalue weighted by molar-refractivity contribution is -0.150. The van der Waals surface area contributed by atoms with Crippen LogP contribution in [-0.4, -0.2) is 60.1 Å². The highest BCUT2D eigenvalue weighted by atomic mass is 16.5. The van der Waals surface area contributed by atoms with Gasteiger partial charge in [0.25, 0.3) is 5.88 Å². The topological polar surface area (TPSA) is 75.9 Å². The number of aromatic nitrogens is 1. The normalized spacial score (nSPS) is 16.2. The van der Waals surface area contributed by atoms with Gasteiger partial charge in [0.1, 0.15) is 11.8 Å². The van der Waals surface area contributed by atoms with Crippen molar-refractivity contribution in [3.63, 3.8) is 0 Å². The number of rotatable bonds is 7. The van der Waals surface area contributed by atoms with Crippen LogP contribution < -0.4 is 4.74 Å². The lowest BCUT2D eigenvalue weighted by Gasteiger charge is -2.39. The third kappa shape index (κ3) is 5.25. The van der Waals surface area contributed by atoms with E-state index in [2.05, 4.69) is 48.5 Å². The molecule has 7 heteroatoms. The van der Waals surface area contributed by atoms with Crippen molar-refractivity contribution in [1.82, 2.24) is 15.0 Å². The molecule has 0 bridgehead atoms. The Kier molecular flexibility index (Phi) is 6.77. The minimum atomic E-state index is -0.509. The van der Waals surface area contributed by atoms with Gasteiger partial charge in [0, 0.05) is 45.5 Å². The van der Waals surface area contributed by atoms with Gasteiger partial charge in [-0.25, -0.2) is 0 Å². The molecule has 1 aliphatic rings. The summed E-state index contributed by atoms with van der Waals surface area (Å²) < 4.78 is 10.2. The fraction of sp³-hybridized carbons (Fsp3) is 0.346. The molecular formula is C26H29N3O4. The van der Waals surface area contributed by atoms with Crippen LogP contribution in [0.15, 0.2) is 59.1 Å². The van der Waals surface area contributed by atoms with Gasteiger partial charge in [-0.05, 0) is 28.8 Å². The highest BCUT2D eigenvalue weighted by molar-refractivity contribution is 5.89. The molecule has 172 valence electrons. The Bertz CT molecular complexity index is 1110. The summed E-state index contributed by atoms with van der Waals surface area (Å²) in [6.45, 7) is 3.12. The van der Waals surface area contributed by atoms with Gasteiger partial charge in [0.15, 0.2) is 0 Å². The average molecular weight is 448 g/mol. The lowest BCUT2D eigenvalue weighted by atomic mass is 9.97. The maximum atomic E-state index is 13.0. The van der Waals surface area contributed by atoms with Gasteiger partial charge < -0.3 is 19.1 Å². The van der Waals surface area contributed by atoms with E-state index in [9.17, 15) is 9.59 Å². The van der Waals surface area contributed by atoms with Gasteiger partial charge in [-0.15, -0.1) is 0 Å². The van der Waals surface area contributed by atoms with Gasteiger partial charge >= 0.3 is 0 Å². The van der Waals surface area contributed by atoms with Crippen LogP contribution >= 0.6 is 0 Å². The Morgan fingerprint density at radius 1 is 1.09 bits per heavy atom. The third-order valence-corrected chi connectivity index (χ3v) is 6.13. The fourth-order valence-corrected chi connectivity index (χ4v) is 4.09. The number of carbonyl (C=O) groups is 2. The second-order valence-corrected chi connectivity index (χ2v) is 8.47. The Balaban J connectivity index is 1.45. The first-order valence-electron chi connectivity index (χ1n) is 11.1. The molecule has 0 aliphatic carbocycles. The van der Waals surface area contributed by atoms with Crippen LogP contribution in [0.2, 0.25) is 0 Å². The smallest absolute Gasteiger partial charge is 0.254 e. The fourth-order valence-electron chi connectivity index (χ4n) is 4.09. The summed E-state index contributed by atoms with van der Waals surface area (Å²) >= 11 is 0. The van der Waals surface area contributed by atoms with Crippen molar-refractivity contribution in [2.75, 3.05) is 27.2 Å². The Hall–Kier alpha value is -3.61. The standard InChI is InChI=1S/C26H29N3O4/c1-18-4-8-20(9-5-18)21-10-6-19(7-11-21)16-23-26(31)28(2)14-15-29(23)25(30)13-12-22-17-24(32-3)27-33-22/h4-11,17,23H,12-16H2,1-3H3/t23-/m0/s1. The van der Waals surface area contributed by atoms with Crippen molar-refractivity contribution < 1.29 is 18.8 Å². The van der Waals surface area contributed by atoms with E-state index in [4.69, 9.17) is 9.26 Å². The second-order valence-electron chi connectivity index (χ2n) is 8.47. The van der Waals surface area contributed by atoms with Crippen LogP contribution in [-0.2, 0) is 22.4 Å². The zero-order valence-electron chi connectivity index (χ0n) is 19.3. The Morgan fingerprint density at radius 3 is 2.39 bits per heavy atom. The van der Waals surface area contributed by atoms with Gasteiger partial charge in [0.05, 0.1) is 7.11 Å². The second kappa shape index (κ2) is 9.90. The predicted molar refractivity (Wildman–Crippen MR) is 125 cm³/mol. The van der Waals surface area contributed by atoms with E-state index in [1.54, 1.807) is 22.9 Å². The quantitative estimate of drug-likeness (QED) is 0.554. The summed E-state index contributed by atoms with van der Waals surface area (Å²) in [5.41, 5.74) is 4.53. The zero-order chi connectivity index (χ0) is 23.4. The van der Waals surface area contributed by atoms with Gasteiger partial charge in [-0.2, -0.15) is 0 Å². The predicted octanol–water partition coefficient (Wildman–Crippen LogP) is 3.50. The molecule has 33 heavy (non-hydrogen) atoms. The maximum absolute atomic E-state index is 13.0. The Morgan fingerprint density at radius 2 is 1.76 bits per heavy atom. The van der Waals surface area contributed by atoms with Crippen molar-refractivity contribution in [2.24, 2.45) is 0 Å². The van der Waals surface area contributed by atoms with Gasteiger partial charge in [0.2, 0.25) is 11.8 Å². The first-order chi connectivity index (χ1) is 15.9. The molecule has 1 aromatic heterocycles. The number of carbonyl (C=O) groups excluding carboxylic acids is 2. The summed E-state index contributed by atoms with van der Waals surface area (Å²) in [5.74, 6) is 0.884. The minimum absolute atomic E-state index is 0.0291. The molecule has 2 heterocycles. The highest BCUT2D eigenvalue weighted by Gasteiger charge is 2.35. The number of aryl methyl sites for hydroxylation is 2. The van der Waals surface area contributed by atoms with E-state index in [0.717, 1.165) is 16.7 Å². The van der Waals surface area contributed by atoms with E-state index in [1.807, 2.05) is 12.1 Å². The van der Waals surface area contributed by atoms with Crippen LogP contribution in [0.3, 0.4) is 0 Å². The zero-order valence-corrected chi connectivity index (χ0v) is 19.3. The van der Waals surface area contributed by atoms with Crippen molar-refractivity contribution in [3.05, 3.63) is 71.5 Å². The molecular weight excluding hydrogens is 418 g/mol. The number of likely N-dealkylation sites (N-methyl/N-ethyl adjacent to an activating group) is 1. The molecule has 4 rings (SSSR count). The van der Waals surface area contributed by atoms with Crippen molar-refractivity contribution in [1.29, 1.82) is 0 Å². The molecule has 2 amide bonds. The third-order valence-electron chi connectivity index (χ3n) is 6.13. The number of benzene rings is 2. The molecule has 1 atom stereocenters. The van der Waals surface area contributed by atoms with Crippen molar-refractivity contribution >= 4 is 11.8 Å². The molecule has 0 saturated carbocycles. The summed E-state index contributed by atoms with van der Waals surface area (Å²) in [6, 6.07) is 17.8. The van der Waals surface area contributed by atoms with Gasteiger partial charge in [-0.3, -0.25) is 9.59 Å². The Labute approximate surface area is 193 Å². The van der Waals surface area contributed by atoms with Crippen LogP contribution in [0.4, 0.5) is 0 Å². The molecule has 0 N–H and O–H groups in total. The van der Waals surface area contributed by atoms with Crippen molar-refractivity contribution in [3.8, 4) is 17.0 Å². The van der Waals surface area contributed by atoms with Crippen LogP contribution in [0.5, 0.6) is 5.88 Å². The summed E-state index contributed by atoms with van der Waals surface area (Å²) in [7, 11) is 3.30. The molecule has 1 fully saturated rings. The highest BCUT2D eigenvalue weighted by Crippen LogP contribution is 2.23. The number of piperazine rings is 1. The first-order valence-corrected chi connectivity index (χ1v) is 11.1. The van der Waals surface area contributed by atoms with Gasteiger partial charge in [-0.1, -0.05) is 54.1 Å². The van der Waals surface area contributed by atoms with E-state index < -0.39 is 6.04 Å². The number of hydrogen-bond donors (Lipinski definition) is 0. The number of methoxy groups -OCH3 is 1. The van der Waals surface area contributed by atoms with E-state index in [1.165, 1.54) is 12.7 Å². The molecule has 7 nitrogen and oxygen atoms in total. The molecule has 0 spiro atoms. The molecule has 1 aliphatic heterocycles. The molecule has 0 unspecified atom stereocenters. The SMILES string of the molecule is COc1cc(CCC(=O)N2CCN(C)C(=O)[C@@H]2Cc2ccc(-c3ccc(C)cc3)cc2)on1. The number of ether oxygens (including phenoxy) is 1. The van der Waals surface area contributed by atoms with E-state index >= 15 is 0 Å². The first kappa shape index (κ1) is 22.6. The molecule has 3 aromatic rings. The number of hydrogen-bond acceptors (Lipinski definition) is 5. The maximum Gasteiger partial charge on any atom is 0.254 e. The number of amides is 2. The number of nitrogens with zero attached hydrogens (tertiary/aromatic N) is 3. The van der Waals surface area contributed by atoms with E-state index in [-0.39, 0.29) is 18.2 Å². The van der Waals surface area contributed by atoms with Crippen LogP contribution in [0.1, 0.15) is 23.3 Å². The monoisotopic (exact) mass is 447 g/mol. The summed E-state index contributed by atoms with van der Waals surface area (Å²) in [4.78, 5) is 29.4. The molecule has 2 aromatic carbocycles. The average Bonchev–Trinajstić information content (AvgIpc) is 3.30. The summed E-state index contributed by atoms with van der Waals surface area (Å²) in [6.07, 6.45) is 1.14. The van der Waals surface area contributed by atoms with E-state index in [0.29, 0.717) is 37.6 Å². The minimum Gasteiger partial charge on any atom is -0.479 e. The van der Waals surface area contributed by atoms with Crippen LogP contribution in [0, 0.1) is 6.92 Å². The van der Waals surface area contributed by atoms with Crippen LogP contribution in [0.25, 0.3) is 11.1 Å². The molecule has 0 radical (unpaired) electrons. The summed E-state index contributed by atoms with van der Waals surface area (Å²) in [5, 5.41) is 3.77.